The average Bonchev–Trinajstić information content (AvgIpc) is 2.81. The van der Waals surface area contributed by atoms with Crippen LogP contribution in [0.25, 0.3) is 0 Å². The Balaban J connectivity index is 2.04. The normalized spacial score (nSPS) is 18.8. The molecular weight excluding hydrogens is 252 g/mol. The van der Waals surface area contributed by atoms with E-state index >= 15 is 0 Å². The van der Waals surface area contributed by atoms with Crippen molar-refractivity contribution in [1.82, 2.24) is 5.43 Å². The topological polar surface area (TPSA) is 38.0 Å². The predicted molar refractivity (Wildman–Crippen MR) is 81.1 cm³/mol. The van der Waals surface area contributed by atoms with Gasteiger partial charge in [-0.05, 0) is 42.3 Å². The average molecular weight is 272 g/mol. The number of rotatable bonds is 4. The first-order valence-corrected chi connectivity index (χ1v) is 7.71. The van der Waals surface area contributed by atoms with Crippen LogP contribution in [0, 0.1) is 6.92 Å². The third-order valence-electron chi connectivity index (χ3n) is 4.48. The Morgan fingerprint density at radius 2 is 1.95 bits per heavy atom. The van der Waals surface area contributed by atoms with E-state index in [-0.39, 0.29) is 11.5 Å². The SMILES string of the molecule is Cc1ccsc1C(NN)C1(c2ccccc2)CCC1. The third kappa shape index (κ3) is 2.02. The van der Waals surface area contributed by atoms with Crippen molar-refractivity contribution in [3.8, 4) is 0 Å². The minimum atomic E-state index is 0.172. The molecule has 1 heterocycles. The second kappa shape index (κ2) is 5.08. The highest BCUT2D eigenvalue weighted by Gasteiger charge is 2.46. The fourth-order valence-corrected chi connectivity index (χ4v) is 4.34. The molecule has 1 aliphatic carbocycles. The van der Waals surface area contributed by atoms with Crippen molar-refractivity contribution in [3.05, 3.63) is 57.8 Å². The van der Waals surface area contributed by atoms with Gasteiger partial charge in [-0.25, -0.2) is 0 Å². The van der Waals surface area contributed by atoms with E-state index < -0.39 is 0 Å². The fourth-order valence-electron chi connectivity index (χ4n) is 3.24. The Bertz CT molecular complexity index is 543. The molecule has 19 heavy (non-hydrogen) atoms. The molecule has 1 fully saturated rings. The number of aryl methyl sites for hydroxylation is 1. The van der Waals surface area contributed by atoms with E-state index in [9.17, 15) is 0 Å². The van der Waals surface area contributed by atoms with Gasteiger partial charge in [0.15, 0.2) is 0 Å². The largest absolute Gasteiger partial charge is 0.271 e. The molecule has 3 N–H and O–H groups in total. The van der Waals surface area contributed by atoms with Gasteiger partial charge in [0, 0.05) is 10.3 Å². The van der Waals surface area contributed by atoms with Gasteiger partial charge in [-0.1, -0.05) is 36.8 Å². The molecule has 2 nitrogen and oxygen atoms in total. The number of hydrogen-bond donors (Lipinski definition) is 2. The number of hydrazine groups is 1. The number of benzene rings is 1. The van der Waals surface area contributed by atoms with E-state index in [4.69, 9.17) is 5.84 Å². The van der Waals surface area contributed by atoms with Crippen LogP contribution < -0.4 is 11.3 Å². The quantitative estimate of drug-likeness (QED) is 0.658. The number of nitrogens with one attached hydrogen (secondary N) is 1. The van der Waals surface area contributed by atoms with Crippen molar-refractivity contribution in [1.29, 1.82) is 0 Å². The molecule has 2 aromatic rings. The molecule has 100 valence electrons. The monoisotopic (exact) mass is 272 g/mol. The third-order valence-corrected chi connectivity index (χ3v) is 5.56. The standard InChI is InChI=1S/C16H20N2S/c1-12-8-11-19-14(12)15(18-17)16(9-5-10-16)13-6-3-2-4-7-13/h2-4,6-8,11,15,18H,5,9-10,17H2,1H3. The first-order chi connectivity index (χ1) is 9.28. The smallest absolute Gasteiger partial charge is 0.0652 e. The lowest BCUT2D eigenvalue weighted by Gasteiger charge is -2.48. The molecule has 0 amide bonds. The Morgan fingerprint density at radius 1 is 1.21 bits per heavy atom. The highest BCUT2D eigenvalue weighted by molar-refractivity contribution is 7.10. The molecule has 1 aliphatic rings. The maximum atomic E-state index is 5.92. The summed E-state index contributed by atoms with van der Waals surface area (Å²) in [4.78, 5) is 1.38. The van der Waals surface area contributed by atoms with E-state index in [1.807, 2.05) is 11.3 Å². The Kier molecular flexibility index (Phi) is 3.44. The molecule has 3 rings (SSSR count). The highest BCUT2D eigenvalue weighted by atomic mass is 32.1. The van der Waals surface area contributed by atoms with Crippen LogP contribution in [-0.2, 0) is 5.41 Å². The summed E-state index contributed by atoms with van der Waals surface area (Å²) in [5.41, 5.74) is 6.03. The van der Waals surface area contributed by atoms with Crippen molar-refractivity contribution >= 4 is 11.3 Å². The van der Waals surface area contributed by atoms with Crippen LogP contribution in [0.3, 0.4) is 0 Å². The van der Waals surface area contributed by atoms with Crippen LogP contribution in [-0.4, -0.2) is 0 Å². The van der Waals surface area contributed by atoms with Crippen LogP contribution in [0.5, 0.6) is 0 Å². The molecule has 0 saturated heterocycles. The Hall–Kier alpha value is -1.16. The van der Waals surface area contributed by atoms with Crippen molar-refractivity contribution in [3.63, 3.8) is 0 Å². The molecule has 0 aliphatic heterocycles. The summed E-state index contributed by atoms with van der Waals surface area (Å²) in [5.74, 6) is 5.92. The van der Waals surface area contributed by atoms with Gasteiger partial charge >= 0.3 is 0 Å². The predicted octanol–water partition coefficient (Wildman–Crippen LogP) is 3.68. The summed E-state index contributed by atoms with van der Waals surface area (Å²) in [6.07, 6.45) is 3.71. The second-order valence-electron chi connectivity index (χ2n) is 5.44. The van der Waals surface area contributed by atoms with E-state index in [2.05, 4.69) is 54.1 Å². The van der Waals surface area contributed by atoms with Gasteiger partial charge in [-0.15, -0.1) is 11.3 Å². The van der Waals surface area contributed by atoms with Crippen LogP contribution >= 0.6 is 11.3 Å². The highest BCUT2D eigenvalue weighted by Crippen LogP contribution is 2.53. The van der Waals surface area contributed by atoms with Gasteiger partial charge in [-0.3, -0.25) is 11.3 Å². The lowest BCUT2D eigenvalue weighted by atomic mass is 9.59. The maximum Gasteiger partial charge on any atom is 0.0652 e. The number of nitrogens with two attached hydrogens (primary N) is 1. The van der Waals surface area contributed by atoms with E-state index in [1.165, 1.54) is 35.3 Å². The molecule has 1 aromatic carbocycles. The van der Waals surface area contributed by atoms with Crippen molar-refractivity contribution < 1.29 is 0 Å². The zero-order chi connectivity index (χ0) is 13.3. The molecule has 3 heteroatoms. The number of hydrogen-bond acceptors (Lipinski definition) is 3. The minimum absolute atomic E-state index is 0.172. The van der Waals surface area contributed by atoms with Gasteiger partial charge in [0.2, 0.25) is 0 Å². The van der Waals surface area contributed by atoms with Crippen molar-refractivity contribution in [2.75, 3.05) is 0 Å². The second-order valence-corrected chi connectivity index (χ2v) is 6.39. The van der Waals surface area contributed by atoms with Crippen molar-refractivity contribution in [2.45, 2.75) is 37.6 Å². The van der Waals surface area contributed by atoms with Gasteiger partial charge in [0.05, 0.1) is 6.04 Å². The Labute approximate surface area is 118 Å². The van der Waals surface area contributed by atoms with E-state index in [0.717, 1.165) is 0 Å². The van der Waals surface area contributed by atoms with E-state index in [0.29, 0.717) is 0 Å². The van der Waals surface area contributed by atoms with Gasteiger partial charge in [0.25, 0.3) is 0 Å². The molecule has 0 spiro atoms. The summed E-state index contributed by atoms with van der Waals surface area (Å²) in [6, 6.07) is 13.2. The zero-order valence-corrected chi connectivity index (χ0v) is 12.0. The Morgan fingerprint density at radius 3 is 2.42 bits per heavy atom. The lowest BCUT2D eigenvalue weighted by Crippen LogP contribution is -2.48. The lowest BCUT2D eigenvalue weighted by molar-refractivity contribution is 0.172. The van der Waals surface area contributed by atoms with Crippen molar-refractivity contribution in [2.24, 2.45) is 5.84 Å². The molecular formula is C16H20N2S. The summed E-state index contributed by atoms with van der Waals surface area (Å²) in [7, 11) is 0. The first kappa shape index (κ1) is 12.9. The van der Waals surface area contributed by atoms with Crippen LogP contribution in [0.2, 0.25) is 0 Å². The zero-order valence-electron chi connectivity index (χ0n) is 11.2. The van der Waals surface area contributed by atoms with Crippen LogP contribution in [0.15, 0.2) is 41.8 Å². The van der Waals surface area contributed by atoms with E-state index in [1.54, 1.807) is 0 Å². The fraction of sp³-hybridized carbons (Fsp3) is 0.375. The summed E-state index contributed by atoms with van der Waals surface area (Å²) in [5, 5.41) is 2.16. The molecule has 1 atom stereocenters. The first-order valence-electron chi connectivity index (χ1n) is 6.83. The number of thiophene rings is 1. The molecule has 0 radical (unpaired) electrons. The minimum Gasteiger partial charge on any atom is -0.271 e. The van der Waals surface area contributed by atoms with Gasteiger partial charge in [0.1, 0.15) is 0 Å². The molecule has 1 unspecified atom stereocenters. The van der Waals surface area contributed by atoms with Crippen LogP contribution in [0.4, 0.5) is 0 Å². The molecule has 1 saturated carbocycles. The molecule has 1 aromatic heterocycles. The van der Waals surface area contributed by atoms with Crippen LogP contribution in [0.1, 0.15) is 41.3 Å². The summed E-state index contributed by atoms with van der Waals surface area (Å²) in [6.45, 7) is 2.17. The van der Waals surface area contributed by atoms with Gasteiger partial charge < -0.3 is 0 Å². The maximum absolute atomic E-state index is 5.92. The molecule has 0 bridgehead atoms. The van der Waals surface area contributed by atoms with Gasteiger partial charge in [-0.2, -0.15) is 0 Å². The summed E-state index contributed by atoms with van der Waals surface area (Å²) < 4.78 is 0. The summed E-state index contributed by atoms with van der Waals surface area (Å²) >= 11 is 1.81.